The highest BCUT2D eigenvalue weighted by Crippen LogP contribution is 2.19. The van der Waals surface area contributed by atoms with Gasteiger partial charge in [-0.3, -0.25) is 0 Å². The van der Waals surface area contributed by atoms with Gasteiger partial charge in [-0.2, -0.15) is 0 Å². The third-order valence-electron chi connectivity index (χ3n) is 2.08. The smallest absolute Gasteiger partial charge is 0.157 e. The van der Waals surface area contributed by atoms with Crippen LogP contribution >= 0.6 is 11.8 Å². The largest absolute Gasteiger partial charge is 0.377 e. The lowest BCUT2D eigenvalue weighted by Crippen LogP contribution is -2.07. The maximum atomic E-state index is 11.1. The monoisotopic (exact) mass is 305 g/mol. The van der Waals surface area contributed by atoms with Crippen LogP contribution in [0.4, 0.5) is 5.82 Å². The maximum absolute atomic E-state index is 11.1. The molecule has 1 heterocycles. The first-order chi connectivity index (χ1) is 8.94. The Morgan fingerprint density at radius 1 is 1.42 bits per heavy atom. The lowest BCUT2D eigenvalue weighted by atomic mass is 10.5. The van der Waals surface area contributed by atoms with Gasteiger partial charge in [0, 0.05) is 31.7 Å². The fourth-order valence-corrected chi connectivity index (χ4v) is 3.43. The molecule has 19 heavy (non-hydrogen) atoms. The van der Waals surface area contributed by atoms with E-state index in [0.717, 1.165) is 17.4 Å². The minimum Gasteiger partial charge on any atom is -0.377 e. The Labute approximate surface area is 118 Å². The molecule has 0 radical (unpaired) electrons. The number of ether oxygens (including phenoxy) is 1. The van der Waals surface area contributed by atoms with Gasteiger partial charge in [0.25, 0.3) is 0 Å². The van der Waals surface area contributed by atoms with E-state index in [0.29, 0.717) is 18.2 Å². The van der Waals surface area contributed by atoms with Crippen LogP contribution in [0.25, 0.3) is 0 Å². The zero-order valence-corrected chi connectivity index (χ0v) is 13.0. The highest BCUT2D eigenvalue weighted by atomic mass is 32.2. The van der Waals surface area contributed by atoms with Crippen LogP contribution in [0.1, 0.15) is 12.7 Å². The first-order valence-corrected chi connectivity index (χ1v) is 8.90. The van der Waals surface area contributed by atoms with Crippen LogP contribution in [0.5, 0.6) is 0 Å². The van der Waals surface area contributed by atoms with E-state index in [9.17, 15) is 8.42 Å². The fourth-order valence-electron chi connectivity index (χ4n) is 1.31. The van der Waals surface area contributed by atoms with Gasteiger partial charge >= 0.3 is 0 Å². The van der Waals surface area contributed by atoms with Crippen LogP contribution < -0.4 is 5.32 Å². The summed E-state index contributed by atoms with van der Waals surface area (Å²) < 4.78 is 27.2. The molecule has 0 amide bonds. The fraction of sp³-hybridized carbons (Fsp3) is 0.636. The zero-order chi connectivity index (χ0) is 14.3. The molecule has 0 aliphatic carbocycles. The lowest BCUT2D eigenvalue weighted by molar-refractivity contribution is 0.177. The first-order valence-electron chi connectivity index (χ1n) is 5.86. The van der Waals surface area contributed by atoms with Crippen molar-refractivity contribution in [3.63, 3.8) is 0 Å². The molecule has 0 saturated carbocycles. The molecule has 0 aliphatic heterocycles. The Kier molecular flexibility index (Phi) is 6.53. The van der Waals surface area contributed by atoms with Crippen LogP contribution in [0.2, 0.25) is 0 Å². The van der Waals surface area contributed by atoms with E-state index >= 15 is 0 Å². The average molecular weight is 305 g/mol. The Balaban J connectivity index is 2.74. The number of anilines is 1. The third kappa shape index (κ3) is 6.74. The number of hydrogen-bond acceptors (Lipinski definition) is 7. The van der Waals surface area contributed by atoms with Gasteiger partial charge < -0.3 is 10.1 Å². The molecule has 0 bridgehead atoms. The summed E-state index contributed by atoms with van der Waals surface area (Å²) in [5.41, 5.74) is 0. The molecule has 0 unspecified atom stereocenters. The van der Waals surface area contributed by atoms with Gasteiger partial charge in [0.05, 0.1) is 5.75 Å². The molecule has 1 aromatic rings. The highest BCUT2D eigenvalue weighted by Gasteiger charge is 2.07. The predicted octanol–water partition coefficient (Wildman–Crippen LogP) is 1.19. The summed E-state index contributed by atoms with van der Waals surface area (Å²) in [5, 5.41) is 3.87. The molecule has 0 aliphatic rings. The van der Waals surface area contributed by atoms with Crippen molar-refractivity contribution in [2.45, 2.75) is 18.6 Å². The number of thioether (sulfide) groups is 1. The quantitative estimate of drug-likeness (QED) is 0.570. The number of nitrogens with one attached hydrogen (secondary N) is 1. The van der Waals surface area contributed by atoms with Crippen molar-refractivity contribution in [2.75, 3.05) is 36.7 Å². The maximum Gasteiger partial charge on any atom is 0.157 e. The number of nitrogens with zero attached hydrogens (tertiary/aromatic N) is 2. The first kappa shape index (κ1) is 16.2. The summed E-state index contributed by atoms with van der Waals surface area (Å²) >= 11 is 1.40. The molecule has 108 valence electrons. The summed E-state index contributed by atoms with van der Waals surface area (Å²) in [6, 6.07) is 1.82. The topological polar surface area (TPSA) is 81.2 Å². The minimum absolute atomic E-state index is 0.137. The number of sulfone groups is 1. The molecule has 8 heteroatoms. The molecule has 0 spiro atoms. The van der Waals surface area contributed by atoms with E-state index in [4.69, 9.17) is 4.74 Å². The van der Waals surface area contributed by atoms with Gasteiger partial charge in [0.1, 0.15) is 27.3 Å². The van der Waals surface area contributed by atoms with Crippen molar-refractivity contribution in [3.8, 4) is 0 Å². The second-order valence-electron chi connectivity index (χ2n) is 3.95. The van der Waals surface area contributed by atoms with Gasteiger partial charge in [-0.15, -0.1) is 11.8 Å². The predicted molar refractivity (Wildman–Crippen MR) is 77.3 cm³/mol. The average Bonchev–Trinajstić information content (AvgIpc) is 2.28. The van der Waals surface area contributed by atoms with Crippen molar-refractivity contribution in [1.29, 1.82) is 0 Å². The normalized spacial score (nSPS) is 11.5. The van der Waals surface area contributed by atoms with Gasteiger partial charge in [-0.1, -0.05) is 0 Å². The van der Waals surface area contributed by atoms with Gasteiger partial charge in [0.2, 0.25) is 0 Å². The molecule has 6 nitrogen and oxygen atoms in total. The molecular formula is C11H19N3O3S2. The SMILES string of the molecule is CCNc1cc(SCCS(C)(=O)=O)nc(COC)n1. The number of methoxy groups -OCH3 is 1. The standard InChI is InChI=1S/C11H19N3O3S2/c1-4-12-9-7-11(14-10(13-9)8-17-2)18-5-6-19(3,15)16/h7H,4-6,8H2,1-3H3,(H,12,13,14). The number of aromatic nitrogens is 2. The van der Waals surface area contributed by atoms with Gasteiger partial charge in [0.15, 0.2) is 5.82 Å². The Bertz CT molecular complexity index is 482. The van der Waals surface area contributed by atoms with Crippen LogP contribution in [-0.4, -0.2) is 49.8 Å². The van der Waals surface area contributed by atoms with E-state index in [2.05, 4.69) is 15.3 Å². The van der Waals surface area contributed by atoms with E-state index in [-0.39, 0.29) is 5.75 Å². The second-order valence-corrected chi connectivity index (χ2v) is 7.32. The van der Waals surface area contributed by atoms with E-state index in [1.807, 2.05) is 13.0 Å². The molecule has 0 aromatic carbocycles. The van der Waals surface area contributed by atoms with Gasteiger partial charge in [-0.25, -0.2) is 18.4 Å². The Hall–Kier alpha value is -0.860. The molecule has 1 rings (SSSR count). The van der Waals surface area contributed by atoms with Crippen LogP contribution in [0, 0.1) is 0 Å². The molecular weight excluding hydrogens is 286 g/mol. The van der Waals surface area contributed by atoms with Crippen LogP contribution in [0.15, 0.2) is 11.1 Å². The zero-order valence-electron chi connectivity index (χ0n) is 11.3. The molecule has 1 aromatic heterocycles. The Morgan fingerprint density at radius 3 is 2.74 bits per heavy atom. The highest BCUT2D eigenvalue weighted by molar-refractivity contribution is 8.00. The molecule has 0 saturated heterocycles. The van der Waals surface area contributed by atoms with Crippen molar-refractivity contribution < 1.29 is 13.2 Å². The van der Waals surface area contributed by atoms with Gasteiger partial charge in [-0.05, 0) is 6.92 Å². The summed E-state index contributed by atoms with van der Waals surface area (Å²) in [6.45, 7) is 3.07. The van der Waals surface area contributed by atoms with Crippen LogP contribution in [0.3, 0.4) is 0 Å². The summed E-state index contributed by atoms with van der Waals surface area (Å²) in [5.74, 6) is 1.93. The minimum atomic E-state index is -2.94. The summed E-state index contributed by atoms with van der Waals surface area (Å²) in [6.07, 6.45) is 1.23. The second kappa shape index (κ2) is 7.66. The van der Waals surface area contributed by atoms with Crippen molar-refractivity contribution in [3.05, 3.63) is 11.9 Å². The van der Waals surface area contributed by atoms with Crippen molar-refractivity contribution in [2.24, 2.45) is 0 Å². The van der Waals surface area contributed by atoms with Crippen LogP contribution in [-0.2, 0) is 21.2 Å². The van der Waals surface area contributed by atoms with Crippen molar-refractivity contribution >= 4 is 27.4 Å². The van der Waals surface area contributed by atoms with Crippen molar-refractivity contribution in [1.82, 2.24) is 9.97 Å². The number of hydrogen-bond donors (Lipinski definition) is 1. The lowest BCUT2D eigenvalue weighted by Gasteiger charge is -2.08. The Morgan fingerprint density at radius 2 is 2.16 bits per heavy atom. The molecule has 0 fully saturated rings. The molecule has 1 N–H and O–H groups in total. The molecule has 0 atom stereocenters. The third-order valence-corrected chi connectivity index (χ3v) is 4.20. The number of rotatable bonds is 8. The van der Waals surface area contributed by atoms with E-state index < -0.39 is 9.84 Å². The van der Waals surface area contributed by atoms with E-state index in [1.165, 1.54) is 18.0 Å². The summed E-state index contributed by atoms with van der Waals surface area (Å²) in [4.78, 5) is 8.61. The van der Waals surface area contributed by atoms with E-state index in [1.54, 1.807) is 7.11 Å². The summed E-state index contributed by atoms with van der Waals surface area (Å²) in [7, 11) is -1.36.